The summed E-state index contributed by atoms with van der Waals surface area (Å²) in [4.78, 5) is 20.3. The van der Waals surface area contributed by atoms with Crippen molar-refractivity contribution in [2.75, 3.05) is 45.4 Å². The van der Waals surface area contributed by atoms with E-state index >= 15 is 0 Å². The second-order valence-corrected chi connectivity index (χ2v) is 5.83. The predicted molar refractivity (Wildman–Crippen MR) is 88.2 cm³/mol. The minimum absolute atomic E-state index is 0.186. The number of hydrogen-bond acceptors (Lipinski definition) is 6. The number of nitrogens with two attached hydrogens (primary N) is 1. The minimum Gasteiger partial charge on any atom is -0.383 e. The third-order valence-corrected chi connectivity index (χ3v) is 4.11. The number of morpholine rings is 1. The zero-order valence-electron chi connectivity index (χ0n) is 14.1. The van der Waals surface area contributed by atoms with Crippen molar-refractivity contribution in [3.05, 3.63) is 23.9 Å². The van der Waals surface area contributed by atoms with Gasteiger partial charge < -0.3 is 20.1 Å². The van der Waals surface area contributed by atoms with Crippen molar-refractivity contribution in [1.82, 2.24) is 9.88 Å². The molecule has 7 nitrogen and oxygen atoms in total. The molecular weight excluding hydrogens is 296 g/mol. The lowest BCUT2D eigenvalue weighted by molar-refractivity contribution is -0.136. The molecule has 128 valence electrons. The van der Waals surface area contributed by atoms with Crippen LogP contribution in [0.15, 0.2) is 18.3 Å². The zero-order valence-corrected chi connectivity index (χ0v) is 14.1. The van der Waals surface area contributed by atoms with Gasteiger partial charge in [-0.25, -0.2) is 4.98 Å². The van der Waals surface area contributed by atoms with E-state index in [0.29, 0.717) is 26.3 Å². The van der Waals surface area contributed by atoms with E-state index in [1.54, 1.807) is 7.11 Å². The molecule has 2 N–H and O–H groups in total. The van der Waals surface area contributed by atoms with E-state index in [0.717, 1.165) is 17.9 Å². The maximum Gasteiger partial charge on any atom is 0.237 e. The Morgan fingerprint density at radius 2 is 2.35 bits per heavy atom. The van der Waals surface area contributed by atoms with Crippen LogP contribution in [0, 0.1) is 0 Å². The number of nitrogens with zero attached hydrogens (tertiary/aromatic N) is 3. The largest absolute Gasteiger partial charge is 0.383 e. The zero-order chi connectivity index (χ0) is 16.8. The van der Waals surface area contributed by atoms with Gasteiger partial charge in [0.2, 0.25) is 5.91 Å². The summed E-state index contributed by atoms with van der Waals surface area (Å²) in [5.41, 5.74) is 6.57. The van der Waals surface area contributed by atoms with Crippen LogP contribution in [-0.4, -0.2) is 68.4 Å². The van der Waals surface area contributed by atoms with E-state index in [2.05, 4.69) is 9.88 Å². The Morgan fingerprint density at radius 1 is 1.57 bits per heavy atom. The van der Waals surface area contributed by atoms with E-state index in [1.165, 1.54) is 0 Å². The first-order chi connectivity index (χ1) is 11.0. The molecule has 0 aromatic carbocycles. The summed E-state index contributed by atoms with van der Waals surface area (Å²) >= 11 is 0. The fraction of sp³-hybridized carbons (Fsp3) is 0.625. The number of pyridine rings is 1. The van der Waals surface area contributed by atoms with Gasteiger partial charge in [-0.2, -0.15) is 0 Å². The molecule has 1 aromatic rings. The number of amides is 1. The number of likely N-dealkylation sites (N-methyl/N-ethyl adjacent to an activating group) is 1. The molecule has 0 saturated carbocycles. The van der Waals surface area contributed by atoms with Gasteiger partial charge in [-0.3, -0.25) is 9.69 Å². The Kier molecular flexibility index (Phi) is 6.32. The fourth-order valence-corrected chi connectivity index (χ4v) is 2.78. The summed E-state index contributed by atoms with van der Waals surface area (Å²) in [7, 11) is 3.66. The number of rotatable bonds is 7. The number of carbonyl (C=O) groups excluding carboxylic acids is 1. The van der Waals surface area contributed by atoms with Crippen molar-refractivity contribution in [2.24, 2.45) is 5.73 Å². The summed E-state index contributed by atoms with van der Waals surface area (Å²) in [6, 6.07) is 3.62. The number of aromatic nitrogens is 1. The van der Waals surface area contributed by atoms with Crippen molar-refractivity contribution < 1.29 is 14.3 Å². The summed E-state index contributed by atoms with van der Waals surface area (Å²) in [5, 5.41) is 0. The van der Waals surface area contributed by atoms with Crippen molar-refractivity contribution in [1.29, 1.82) is 0 Å². The van der Waals surface area contributed by atoms with Gasteiger partial charge in [-0.15, -0.1) is 0 Å². The lowest BCUT2D eigenvalue weighted by Gasteiger charge is -2.37. The normalized spacial score (nSPS) is 22.0. The average molecular weight is 322 g/mol. The van der Waals surface area contributed by atoms with Gasteiger partial charge in [0, 0.05) is 40.0 Å². The molecule has 2 atom stereocenters. The Labute approximate surface area is 137 Å². The predicted octanol–water partition coefficient (Wildman–Crippen LogP) is 0.239. The summed E-state index contributed by atoms with van der Waals surface area (Å²) in [6.45, 7) is 5.26. The standard InChI is InChI=1S/C16H26N4O3/c1-12-15(16(17)21)20(7-9-23-12)11-13-4-5-14(18-10-13)19(2)6-8-22-3/h4-5,10,12,15H,6-9,11H2,1-3H3,(H2,17,21)/t12-,15+/m1/s1. The first kappa shape index (κ1) is 17.7. The minimum atomic E-state index is -0.396. The van der Waals surface area contributed by atoms with Crippen molar-refractivity contribution in [3.8, 4) is 0 Å². The third-order valence-electron chi connectivity index (χ3n) is 4.11. The molecule has 23 heavy (non-hydrogen) atoms. The first-order valence-corrected chi connectivity index (χ1v) is 7.83. The van der Waals surface area contributed by atoms with Crippen LogP contribution in [0.5, 0.6) is 0 Å². The number of carbonyl (C=O) groups is 1. The average Bonchev–Trinajstić information content (AvgIpc) is 2.53. The van der Waals surface area contributed by atoms with Crippen molar-refractivity contribution in [2.45, 2.75) is 25.6 Å². The maximum absolute atomic E-state index is 11.7. The van der Waals surface area contributed by atoms with E-state index < -0.39 is 6.04 Å². The van der Waals surface area contributed by atoms with Crippen LogP contribution in [0.25, 0.3) is 0 Å². The highest BCUT2D eigenvalue weighted by Crippen LogP contribution is 2.18. The highest BCUT2D eigenvalue weighted by Gasteiger charge is 2.33. The Balaban J connectivity index is 2.00. The molecule has 7 heteroatoms. The Hall–Kier alpha value is -1.70. The number of methoxy groups -OCH3 is 1. The van der Waals surface area contributed by atoms with E-state index in [9.17, 15) is 4.79 Å². The topological polar surface area (TPSA) is 80.9 Å². The molecule has 0 aliphatic carbocycles. The third kappa shape index (κ3) is 4.63. The molecule has 0 radical (unpaired) electrons. The van der Waals surface area contributed by atoms with Crippen LogP contribution >= 0.6 is 0 Å². The highest BCUT2D eigenvalue weighted by molar-refractivity contribution is 5.80. The van der Waals surface area contributed by atoms with Crippen molar-refractivity contribution in [3.63, 3.8) is 0 Å². The van der Waals surface area contributed by atoms with Crippen LogP contribution in [0.1, 0.15) is 12.5 Å². The van der Waals surface area contributed by atoms with Crippen LogP contribution in [0.4, 0.5) is 5.82 Å². The van der Waals surface area contributed by atoms with Crippen LogP contribution in [0.2, 0.25) is 0 Å². The highest BCUT2D eigenvalue weighted by atomic mass is 16.5. The molecule has 0 bridgehead atoms. The molecule has 1 amide bonds. The van der Waals surface area contributed by atoms with Crippen LogP contribution in [-0.2, 0) is 20.8 Å². The molecule has 1 aliphatic rings. The SMILES string of the molecule is COCCN(C)c1ccc(CN2CCO[C@H](C)[C@H]2C(N)=O)cn1. The van der Waals surface area contributed by atoms with Gasteiger partial charge in [0.25, 0.3) is 0 Å². The fourth-order valence-electron chi connectivity index (χ4n) is 2.78. The first-order valence-electron chi connectivity index (χ1n) is 7.83. The van der Waals surface area contributed by atoms with Crippen LogP contribution < -0.4 is 10.6 Å². The molecule has 2 heterocycles. The van der Waals surface area contributed by atoms with E-state index in [1.807, 2.05) is 37.2 Å². The van der Waals surface area contributed by atoms with Crippen LogP contribution in [0.3, 0.4) is 0 Å². The second kappa shape index (κ2) is 8.24. The van der Waals surface area contributed by atoms with Gasteiger partial charge in [-0.05, 0) is 18.6 Å². The number of anilines is 1. The number of ether oxygens (including phenoxy) is 2. The number of hydrogen-bond donors (Lipinski definition) is 1. The van der Waals surface area contributed by atoms with Gasteiger partial charge in [0.15, 0.2) is 0 Å². The Bertz CT molecular complexity index is 509. The maximum atomic E-state index is 11.7. The van der Waals surface area contributed by atoms with Crippen molar-refractivity contribution >= 4 is 11.7 Å². The molecule has 1 fully saturated rings. The molecule has 1 aromatic heterocycles. The van der Waals surface area contributed by atoms with E-state index in [-0.39, 0.29) is 12.0 Å². The molecule has 0 spiro atoms. The molecule has 0 unspecified atom stereocenters. The van der Waals surface area contributed by atoms with Gasteiger partial charge >= 0.3 is 0 Å². The lowest BCUT2D eigenvalue weighted by atomic mass is 10.1. The van der Waals surface area contributed by atoms with Gasteiger partial charge in [-0.1, -0.05) is 6.07 Å². The van der Waals surface area contributed by atoms with E-state index in [4.69, 9.17) is 15.2 Å². The summed E-state index contributed by atoms with van der Waals surface area (Å²) in [5.74, 6) is 0.550. The smallest absolute Gasteiger partial charge is 0.237 e. The molecule has 1 saturated heterocycles. The molecular formula is C16H26N4O3. The number of primary amides is 1. The lowest BCUT2D eigenvalue weighted by Crippen LogP contribution is -2.56. The Morgan fingerprint density at radius 3 is 2.96 bits per heavy atom. The van der Waals surface area contributed by atoms with Gasteiger partial charge in [0.1, 0.15) is 11.9 Å². The molecule has 2 rings (SSSR count). The molecule has 1 aliphatic heterocycles. The monoisotopic (exact) mass is 322 g/mol. The summed E-state index contributed by atoms with van der Waals surface area (Å²) in [6.07, 6.45) is 1.66. The second-order valence-electron chi connectivity index (χ2n) is 5.83. The quantitative estimate of drug-likeness (QED) is 0.774. The summed E-state index contributed by atoms with van der Waals surface area (Å²) < 4.78 is 10.6. The van der Waals surface area contributed by atoms with Gasteiger partial charge in [0.05, 0.1) is 19.3 Å².